The average Bonchev–Trinajstić information content (AvgIpc) is 3.24. The highest BCUT2D eigenvalue weighted by Gasteiger charge is 2.51. The van der Waals surface area contributed by atoms with Gasteiger partial charge in [0.05, 0.1) is 10.4 Å². The lowest BCUT2D eigenvalue weighted by Crippen LogP contribution is -2.28. The van der Waals surface area contributed by atoms with Crippen molar-refractivity contribution in [2.45, 2.75) is 18.3 Å². The summed E-state index contributed by atoms with van der Waals surface area (Å²) in [6.45, 7) is 0. The van der Waals surface area contributed by atoms with Crippen molar-refractivity contribution in [2.75, 3.05) is 5.32 Å². The molecule has 1 fully saturated rings. The summed E-state index contributed by atoms with van der Waals surface area (Å²) in [6.07, 6.45) is 3.35. The quantitative estimate of drug-likeness (QED) is 0.930. The highest BCUT2D eigenvalue weighted by Crippen LogP contribution is 2.49. The first-order valence-electron chi connectivity index (χ1n) is 6.20. The number of carbonyl (C=O) groups excluding carboxylic acids is 1. The van der Waals surface area contributed by atoms with E-state index in [0.29, 0.717) is 10.8 Å². The Hall–Kier alpha value is -1.87. The molecule has 96 valence electrons. The zero-order valence-corrected chi connectivity index (χ0v) is 11.0. The second-order valence-corrected chi connectivity index (χ2v) is 5.14. The molecule has 3 nitrogen and oxygen atoms in total. The van der Waals surface area contributed by atoms with E-state index in [0.717, 1.165) is 18.4 Å². The molecule has 1 aliphatic carbocycles. The Morgan fingerprint density at radius 3 is 2.53 bits per heavy atom. The van der Waals surface area contributed by atoms with Gasteiger partial charge in [-0.25, -0.2) is 4.98 Å². The van der Waals surface area contributed by atoms with Gasteiger partial charge in [0.2, 0.25) is 5.91 Å². The van der Waals surface area contributed by atoms with Crippen LogP contribution in [-0.4, -0.2) is 10.9 Å². The van der Waals surface area contributed by atoms with Crippen molar-refractivity contribution in [2.24, 2.45) is 0 Å². The Balaban J connectivity index is 1.84. The van der Waals surface area contributed by atoms with Crippen LogP contribution < -0.4 is 5.32 Å². The fraction of sp³-hybridized carbons (Fsp3) is 0.200. The van der Waals surface area contributed by atoms with Gasteiger partial charge in [0.25, 0.3) is 0 Å². The molecule has 0 unspecified atom stereocenters. The lowest BCUT2D eigenvalue weighted by atomic mass is 9.95. The van der Waals surface area contributed by atoms with Crippen molar-refractivity contribution in [3.05, 3.63) is 59.2 Å². The zero-order chi connectivity index (χ0) is 13.3. The van der Waals surface area contributed by atoms with Gasteiger partial charge in [0.1, 0.15) is 0 Å². The Bertz CT molecular complexity index is 609. The zero-order valence-electron chi connectivity index (χ0n) is 10.3. The van der Waals surface area contributed by atoms with E-state index in [2.05, 4.69) is 10.3 Å². The smallest absolute Gasteiger partial charge is 0.236 e. The van der Waals surface area contributed by atoms with Crippen LogP contribution in [0, 0.1) is 0 Å². The number of halogens is 1. The van der Waals surface area contributed by atoms with Gasteiger partial charge in [-0.3, -0.25) is 4.79 Å². The summed E-state index contributed by atoms with van der Waals surface area (Å²) in [4.78, 5) is 16.5. The maximum Gasteiger partial charge on any atom is 0.236 e. The molecule has 0 saturated heterocycles. The lowest BCUT2D eigenvalue weighted by molar-refractivity contribution is -0.118. The number of nitrogens with one attached hydrogen (secondary N) is 1. The molecule has 0 aliphatic heterocycles. The molecule has 19 heavy (non-hydrogen) atoms. The van der Waals surface area contributed by atoms with Gasteiger partial charge in [-0.05, 0) is 30.5 Å². The van der Waals surface area contributed by atoms with Crippen molar-refractivity contribution in [3.8, 4) is 0 Å². The maximum atomic E-state index is 12.4. The van der Waals surface area contributed by atoms with Gasteiger partial charge in [-0.15, -0.1) is 0 Å². The van der Waals surface area contributed by atoms with E-state index in [1.165, 1.54) is 0 Å². The van der Waals surface area contributed by atoms with Crippen LogP contribution in [0.1, 0.15) is 18.4 Å². The van der Waals surface area contributed by atoms with Crippen LogP contribution in [0.15, 0.2) is 48.7 Å². The van der Waals surface area contributed by atoms with Crippen molar-refractivity contribution < 1.29 is 4.79 Å². The Kier molecular flexibility index (Phi) is 2.99. The number of nitrogens with zero attached hydrogens (tertiary/aromatic N) is 1. The van der Waals surface area contributed by atoms with Crippen LogP contribution in [0.3, 0.4) is 0 Å². The molecular formula is C15H13ClN2O. The molecule has 3 rings (SSSR count). The van der Waals surface area contributed by atoms with E-state index in [9.17, 15) is 4.79 Å². The summed E-state index contributed by atoms with van der Waals surface area (Å²) in [7, 11) is 0. The second-order valence-electron chi connectivity index (χ2n) is 4.74. The number of hydrogen-bond donors (Lipinski definition) is 1. The molecule has 1 N–H and O–H groups in total. The third-order valence-electron chi connectivity index (χ3n) is 3.50. The SMILES string of the molecule is O=C(Nc1ncccc1Cl)C1(c2ccccc2)CC1. The number of anilines is 1. The average molecular weight is 273 g/mol. The largest absolute Gasteiger partial charge is 0.309 e. The molecule has 0 spiro atoms. The molecule has 0 radical (unpaired) electrons. The summed E-state index contributed by atoms with van der Waals surface area (Å²) in [5.74, 6) is 0.399. The van der Waals surface area contributed by atoms with Crippen LogP contribution in [0.4, 0.5) is 5.82 Å². The summed E-state index contributed by atoms with van der Waals surface area (Å²) >= 11 is 6.01. The van der Waals surface area contributed by atoms with Crippen LogP contribution in [0.25, 0.3) is 0 Å². The van der Waals surface area contributed by atoms with Crippen LogP contribution in [0.5, 0.6) is 0 Å². The van der Waals surface area contributed by atoms with Crippen LogP contribution in [-0.2, 0) is 10.2 Å². The Morgan fingerprint density at radius 1 is 1.16 bits per heavy atom. The van der Waals surface area contributed by atoms with Gasteiger partial charge in [0, 0.05) is 6.20 Å². The van der Waals surface area contributed by atoms with Gasteiger partial charge >= 0.3 is 0 Å². The minimum absolute atomic E-state index is 0.0284. The molecule has 0 bridgehead atoms. The molecule has 4 heteroatoms. The normalized spacial score (nSPS) is 15.8. The van der Waals surface area contributed by atoms with E-state index in [4.69, 9.17) is 11.6 Å². The number of benzene rings is 1. The second kappa shape index (κ2) is 4.67. The predicted molar refractivity (Wildman–Crippen MR) is 75.2 cm³/mol. The monoisotopic (exact) mass is 272 g/mol. The first-order chi connectivity index (χ1) is 9.22. The third-order valence-corrected chi connectivity index (χ3v) is 3.81. The number of pyridine rings is 1. The van der Waals surface area contributed by atoms with Gasteiger partial charge in [-0.2, -0.15) is 0 Å². The highest BCUT2D eigenvalue weighted by atomic mass is 35.5. The van der Waals surface area contributed by atoms with E-state index in [1.807, 2.05) is 30.3 Å². The maximum absolute atomic E-state index is 12.4. The summed E-state index contributed by atoms with van der Waals surface area (Å²) < 4.78 is 0. The topological polar surface area (TPSA) is 42.0 Å². The fourth-order valence-corrected chi connectivity index (χ4v) is 2.40. The van der Waals surface area contributed by atoms with E-state index in [1.54, 1.807) is 18.3 Å². The van der Waals surface area contributed by atoms with Crippen LogP contribution in [0.2, 0.25) is 5.02 Å². The van der Waals surface area contributed by atoms with Gasteiger partial charge in [0.15, 0.2) is 5.82 Å². The molecule has 1 aromatic carbocycles. The molecule has 1 aliphatic rings. The minimum atomic E-state index is -0.401. The number of rotatable bonds is 3. The molecule has 2 aromatic rings. The van der Waals surface area contributed by atoms with Crippen molar-refractivity contribution in [3.63, 3.8) is 0 Å². The molecule has 1 amide bonds. The standard InChI is InChI=1S/C15H13ClN2O/c16-12-7-4-10-17-13(12)18-14(19)15(8-9-15)11-5-2-1-3-6-11/h1-7,10H,8-9H2,(H,17,18,19). The van der Waals surface area contributed by atoms with E-state index in [-0.39, 0.29) is 5.91 Å². The molecule has 1 aromatic heterocycles. The minimum Gasteiger partial charge on any atom is -0.309 e. The molecule has 1 heterocycles. The van der Waals surface area contributed by atoms with Crippen molar-refractivity contribution >= 4 is 23.3 Å². The predicted octanol–water partition coefficient (Wildman–Crippen LogP) is 3.41. The summed E-state index contributed by atoms with van der Waals surface area (Å²) in [5.41, 5.74) is 0.654. The van der Waals surface area contributed by atoms with Crippen molar-refractivity contribution in [1.82, 2.24) is 4.98 Å². The number of aromatic nitrogens is 1. The van der Waals surface area contributed by atoms with Gasteiger partial charge < -0.3 is 5.32 Å². The van der Waals surface area contributed by atoms with Crippen LogP contribution >= 0.6 is 11.6 Å². The lowest BCUT2D eigenvalue weighted by Gasteiger charge is -2.15. The number of carbonyl (C=O) groups is 1. The molecule has 0 atom stereocenters. The van der Waals surface area contributed by atoms with Gasteiger partial charge in [-0.1, -0.05) is 41.9 Å². The highest BCUT2D eigenvalue weighted by molar-refractivity contribution is 6.33. The Morgan fingerprint density at radius 2 is 1.89 bits per heavy atom. The first-order valence-corrected chi connectivity index (χ1v) is 6.58. The van der Waals surface area contributed by atoms with Crippen molar-refractivity contribution in [1.29, 1.82) is 0 Å². The van der Waals surface area contributed by atoms with E-state index >= 15 is 0 Å². The molecule has 1 saturated carbocycles. The first kappa shape index (κ1) is 12.2. The molecular weight excluding hydrogens is 260 g/mol. The Labute approximate surface area is 116 Å². The summed E-state index contributed by atoms with van der Waals surface area (Å²) in [5, 5.41) is 3.29. The number of hydrogen-bond acceptors (Lipinski definition) is 2. The van der Waals surface area contributed by atoms with E-state index < -0.39 is 5.41 Å². The fourth-order valence-electron chi connectivity index (χ4n) is 2.23. The summed E-state index contributed by atoms with van der Waals surface area (Å²) in [6, 6.07) is 13.3. The number of amides is 1. The third kappa shape index (κ3) is 2.22.